The number of hydrogen-bond donors (Lipinski definition) is 1. The summed E-state index contributed by atoms with van der Waals surface area (Å²) in [4.78, 5) is 10.2. The van der Waals surface area contributed by atoms with E-state index in [-0.39, 0.29) is 25.6 Å². The first kappa shape index (κ1) is 14.2. The van der Waals surface area contributed by atoms with Crippen LogP contribution in [0.1, 0.15) is 32.6 Å². The lowest BCUT2D eigenvalue weighted by Crippen LogP contribution is -2.14. The Morgan fingerprint density at radius 1 is 1.47 bits per heavy atom. The van der Waals surface area contributed by atoms with Crippen LogP contribution >= 0.6 is 0 Å². The van der Waals surface area contributed by atoms with Crippen molar-refractivity contribution in [3.05, 3.63) is 0 Å². The Kier molecular flexibility index (Phi) is 6.31. The van der Waals surface area contributed by atoms with Gasteiger partial charge in [-0.2, -0.15) is 13.2 Å². The highest BCUT2D eigenvalue weighted by Gasteiger charge is 2.26. The number of hydrogen-bond acceptors (Lipinski definition) is 2. The maximum absolute atomic E-state index is 11.7. The minimum Gasteiger partial charge on any atom is -0.481 e. The van der Waals surface area contributed by atoms with Crippen LogP contribution in [-0.2, 0) is 9.53 Å². The molecule has 6 heteroatoms. The topological polar surface area (TPSA) is 46.5 Å². The summed E-state index contributed by atoms with van der Waals surface area (Å²) >= 11 is 0. The zero-order chi connectivity index (χ0) is 11.9. The van der Waals surface area contributed by atoms with Gasteiger partial charge in [0.25, 0.3) is 0 Å². The molecule has 0 spiro atoms. The highest BCUT2D eigenvalue weighted by atomic mass is 19.4. The lowest BCUT2D eigenvalue weighted by atomic mass is 10.2. The van der Waals surface area contributed by atoms with Crippen molar-refractivity contribution in [2.45, 2.75) is 44.9 Å². The summed E-state index contributed by atoms with van der Waals surface area (Å²) in [6, 6.07) is 0. The van der Waals surface area contributed by atoms with Gasteiger partial charge in [-0.3, -0.25) is 4.79 Å². The molecule has 0 bridgehead atoms. The summed E-state index contributed by atoms with van der Waals surface area (Å²) in [5.41, 5.74) is 0. The number of ether oxygens (including phenoxy) is 1. The maximum atomic E-state index is 11.7. The predicted molar refractivity (Wildman–Crippen MR) is 47.6 cm³/mol. The largest absolute Gasteiger partial charge is 0.481 e. The fraction of sp³-hybridized carbons (Fsp3) is 0.889. The number of carboxylic acids is 1. The molecule has 1 atom stereocenters. The average Bonchev–Trinajstić information content (AvgIpc) is 2.07. The molecule has 0 heterocycles. The van der Waals surface area contributed by atoms with E-state index in [0.29, 0.717) is 6.42 Å². The second kappa shape index (κ2) is 6.66. The number of rotatable bonds is 7. The highest BCUT2D eigenvalue weighted by molar-refractivity contribution is 5.66. The van der Waals surface area contributed by atoms with Crippen LogP contribution in [-0.4, -0.2) is 30.0 Å². The van der Waals surface area contributed by atoms with Crippen LogP contribution in [0.2, 0.25) is 0 Å². The van der Waals surface area contributed by atoms with E-state index >= 15 is 0 Å². The molecule has 0 aliphatic rings. The molecule has 3 nitrogen and oxygen atoms in total. The minimum absolute atomic E-state index is 0.0142. The van der Waals surface area contributed by atoms with Crippen molar-refractivity contribution in [3.63, 3.8) is 0 Å². The normalized spacial score (nSPS) is 13.9. The van der Waals surface area contributed by atoms with Gasteiger partial charge in [-0.05, 0) is 19.8 Å². The third-order valence-corrected chi connectivity index (χ3v) is 1.77. The average molecular weight is 228 g/mol. The van der Waals surface area contributed by atoms with Crippen molar-refractivity contribution >= 4 is 5.97 Å². The van der Waals surface area contributed by atoms with E-state index < -0.39 is 18.6 Å². The molecule has 0 aromatic rings. The van der Waals surface area contributed by atoms with Crippen molar-refractivity contribution in [3.8, 4) is 0 Å². The van der Waals surface area contributed by atoms with Gasteiger partial charge >= 0.3 is 12.1 Å². The summed E-state index contributed by atoms with van der Waals surface area (Å²) < 4.78 is 40.1. The number of aliphatic carboxylic acids is 1. The van der Waals surface area contributed by atoms with E-state index in [4.69, 9.17) is 9.84 Å². The van der Waals surface area contributed by atoms with Crippen LogP contribution in [0.15, 0.2) is 0 Å². The van der Waals surface area contributed by atoms with Gasteiger partial charge in [-0.25, -0.2) is 0 Å². The van der Waals surface area contributed by atoms with Crippen molar-refractivity contribution in [1.29, 1.82) is 0 Å². The molecule has 0 saturated heterocycles. The van der Waals surface area contributed by atoms with Gasteiger partial charge in [-0.15, -0.1) is 0 Å². The molecule has 0 aliphatic carbocycles. The van der Waals surface area contributed by atoms with Crippen LogP contribution in [0.3, 0.4) is 0 Å². The number of carbonyl (C=O) groups is 1. The van der Waals surface area contributed by atoms with Crippen LogP contribution < -0.4 is 0 Å². The van der Waals surface area contributed by atoms with Crippen LogP contribution in [0.5, 0.6) is 0 Å². The van der Waals surface area contributed by atoms with Crippen LogP contribution in [0.25, 0.3) is 0 Å². The van der Waals surface area contributed by atoms with Gasteiger partial charge < -0.3 is 9.84 Å². The summed E-state index contributed by atoms with van der Waals surface area (Å²) in [6.07, 6.45) is -5.11. The fourth-order valence-corrected chi connectivity index (χ4v) is 0.967. The van der Waals surface area contributed by atoms with E-state index in [0.717, 1.165) is 0 Å². The molecule has 0 amide bonds. The quantitative estimate of drug-likeness (QED) is 0.681. The molecule has 90 valence electrons. The van der Waals surface area contributed by atoms with Gasteiger partial charge in [0.1, 0.15) is 0 Å². The van der Waals surface area contributed by atoms with E-state index in [1.165, 1.54) is 0 Å². The molecule has 0 radical (unpaired) electrons. The number of alkyl halides is 3. The van der Waals surface area contributed by atoms with Crippen LogP contribution in [0.4, 0.5) is 13.2 Å². The van der Waals surface area contributed by atoms with E-state index in [9.17, 15) is 18.0 Å². The zero-order valence-corrected chi connectivity index (χ0v) is 8.51. The summed E-state index contributed by atoms with van der Waals surface area (Å²) in [7, 11) is 0. The maximum Gasteiger partial charge on any atom is 0.389 e. The smallest absolute Gasteiger partial charge is 0.389 e. The Labute approximate surface area is 86.2 Å². The first-order valence-electron chi connectivity index (χ1n) is 4.71. The Hall–Kier alpha value is -0.780. The summed E-state index contributed by atoms with van der Waals surface area (Å²) in [5, 5.41) is 8.34. The highest BCUT2D eigenvalue weighted by Crippen LogP contribution is 2.21. The predicted octanol–water partition coefficient (Wildman–Crippen LogP) is 2.60. The second-order valence-corrected chi connectivity index (χ2v) is 3.33. The summed E-state index contributed by atoms with van der Waals surface area (Å²) in [5.74, 6) is -0.930. The van der Waals surface area contributed by atoms with Crippen LogP contribution in [0, 0.1) is 0 Å². The molecule has 1 N–H and O–H groups in total. The lowest BCUT2D eigenvalue weighted by molar-refractivity contribution is -0.139. The third-order valence-electron chi connectivity index (χ3n) is 1.77. The molecule has 15 heavy (non-hydrogen) atoms. The molecule has 0 aromatic heterocycles. The van der Waals surface area contributed by atoms with Crippen molar-refractivity contribution < 1.29 is 27.8 Å². The van der Waals surface area contributed by atoms with Gasteiger partial charge in [0.2, 0.25) is 0 Å². The first-order valence-corrected chi connectivity index (χ1v) is 4.71. The van der Waals surface area contributed by atoms with Crippen molar-refractivity contribution in [2.75, 3.05) is 6.61 Å². The van der Waals surface area contributed by atoms with Gasteiger partial charge in [0.05, 0.1) is 6.10 Å². The lowest BCUT2D eigenvalue weighted by Gasteiger charge is -2.12. The second-order valence-electron chi connectivity index (χ2n) is 3.33. The zero-order valence-electron chi connectivity index (χ0n) is 8.51. The molecule has 0 aromatic carbocycles. The molecule has 0 rings (SSSR count). The number of carboxylic acid groups (broad SMARTS) is 1. The van der Waals surface area contributed by atoms with E-state index in [2.05, 4.69) is 0 Å². The van der Waals surface area contributed by atoms with Gasteiger partial charge in [-0.1, -0.05) is 0 Å². The Morgan fingerprint density at radius 2 is 2.07 bits per heavy atom. The number of halogens is 3. The Balaban J connectivity index is 3.39. The monoisotopic (exact) mass is 228 g/mol. The third kappa shape index (κ3) is 11.1. The molecule has 0 saturated carbocycles. The molecule has 0 aliphatic heterocycles. The van der Waals surface area contributed by atoms with E-state index in [1.807, 2.05) is 0 Å². The van der Waals surface area contributed by atoms with E-state index in [1.54, 1.807) is 6.92 Å². The van der Waals surface area contributed by atoms with Crippen molar-refractivity contribution in [1.82, 2.24) is 0 Å². The molecule has 1 unspecified atom stereocenters. The van der Waals surface area contributed by atoms with Gasteiger partial charge in [0, 0.05) is 19.4 Å². The summed E-state index contributed by atoms with van der Waals surface area (Å²) in [6.45, 7) is 1.66. The van der Waals surface area contributed by atoms with Crippen molar-refractivity contribution in [2.24, 2.45) is 0 Å². The van der Waals surface area contributed by atoms with Gasteiger partial charge in [0.15, 0.2) is 0 Å². The Bertz CT molecular complexity index is 192. The SMILES string of the molecule is CC(CCC(=O)O)OCCCC(F)(F)F. The Morgan fingerprint density at radius 3 is 2.53 bits per heavy atom. The standard InChI is InChI=1S/C9H15F3O3/c1-7(3-4-8(13)14)15-6-2-5-9(10,11)12/h7H,2-6H2,1H3,(H,13,14). The molecular weight excluding hydrogens is 213 g/mol. The molecular formula is C9H15F3O3. The molecule has 0 fully saturated rings. The minimum atomic E-state index is -4.15. The first-order chi connectivity index (χ1) is 6.81. The fourth-order valence-electron chi connectivity index (χ4n) is 0.967.